The van der Waals surface area contributed by atoms with Crippen LogP contribution in [0.15, 0.2) is 35.1 Å². The van der Waals surface area contributed by atoms with Gasteiger partial charge in [0.05, 0.1) is 12.8 Å². The Morgan fingerprint density at radius 3 is 2.48 bits per heavy atom. The number of nitrogens with zero attached hydrogens (tertiary/aromatic N) is 3. The molecule has 140 valence electrons. The number of carbonyl (C=O) groups excluding carboxylic acids is 1. The third kappa shape index (κ3) is 3.97. The van der Waals surface area contributed by atoms with Gasteiger partial charge >= 0.3 is 6.03 Å². The van der Waals surface area contributed by atoms with E-state index in [0.29, 0.717) is 34.2 Å². The Bertz CT molecular complexity index is 1040. The fourth-order valence-corrected chi connectivity index (χ4v) is 2.43. The minimum atomic E-state index is -0.451. The van der Waals surface area contributed by atoms with Crippen molar-refractivity contribution in [3.63, 3.8) is 0 Å². The first-order valence-corrected chi connectivity index (χ1v) is 8.24. The van der Waals surface area contributed by atoms with E-state index in [-0.39, 0.29) is 11.5 Å². The summed E-state index contributed by atoms with van der Waals surface area (Å²) >= 11 is 0. The van der Waals surface area contributed by atoms with Gasteiger partial charge in [-0.2, -0.15) is 9.78 Å². The van der Waals surface area contributed by atoms with Crippen LogP contribution < -0.4 is 20.9 Å². The number of nitrogens with one attached hydrogen (secondary N) is 3. The smallest absolute Gasteiger partial charge is 0.324 e. The third-order valence-electron chi connectivity index (χ3n) is 4.00. The third-order valence-corrected chi connectivity index (χ3v) is 4.00. The molecule has 3 aromatic rings. The molecule has 2 aromatic heterocycles. The first-order chi connectivity index (χ1) is 12.9. The number of amides is 2. The lowest BCUT2D eigenvalue weighted by Gasteiger charge is -2.10. The maximum absolute atomic E-state index is 12.3. The molecule has 1 aromatic carbocycles. The topological polar surface area (TPSA) is 114 Å². The minimum Gasteiger partial charge on any atom is -0.497 e. The van der Waals surface area contributed by atoms with Crippen LogP contribution in [0.1, 0.15) is 17.0 Å². The number of methoxy groups -OCH3 is 1. The molecule has 0 saturated heterocycles. The van der Waals surface area contributed by atoms with Gasteiger partial charge in [-0.05, 0) is 45.0 Å². The Hall–Kier alpha value is -3.62. The van der Waals surface area contributed by atoms with Gasteiger partial charge < -0.3 is 10.1 Å². The normalized spacial score (nSPS) is 10.5. The van der Waals surface area contributed by atoms with Crippen LogP contribution in [-0.4, -0.2) is 32.9 Å². The van der Waals surface area contributed by atoms with E-state index in [1.54, 1.807) is 58.2 Å². The number of benzene rings is 1. The Morgan fingerprint density at radius 1 is 1.15 bits per heavy atom. The molecule has 0 unspecified atom stereocenters. The second-order valence-electron chi connectivity index (χ2n) is 5.99. The molecule has 0 aliphatic rings. The predicted octanol–water partition coefficient (Wildman–Crippen LogP) is 2.53. The summed E-state index contributed by atoms with van der Waals surface area (Å²) in [6.07, 6.45) is 0. The molecule has 2 heterocycles. The van der Waals surface area contributed by atoms with Crippen molar-refractivity contribution in [1.82, 2.24) is 19.7 Å². The van der Waals surface area contributed by atoms with Crippen molar-refractivity contribution >= 4 is 17.5 Å². The molecule has 0 bridgehead atoms. The number of hydrogen-bond donors (Lipinski definition) is 3. The quantitative estimate of drug-likeness (QED) is 0.655. The zero-order valence-corrected chi connectivity index (χ0v) is 15.5. The molecule has 0 radical (unpaired) electrons. The number of rotatable bonds is 4. The maximum Gasteiger partial charge on any atom is 0.324 e. The maximum atomic E-state index is 12.3. The fraction of sp³-hybridized carbons (Fsp3) is 0.222. The highest BCUT2D eigenvalue weighted by atomic mass is 16.5. The molecule has 9 nitrogen and oxygen atoms in total. The number of aryl methyl sites for hydroxylation is 2. The van der Waals surface area contributed by atoms with E-state index >= 15 is 0 Å². The second kappa shape index (κ2) is 7.32. The number of urea groups is 1. The fourth-order valence-electron chi connectivity index (χ4n) is 2.43. The molecule has 0 aliphatic heterocycles. The number of hydrogen-bond acceptors (Lipinski definition) is 5. The van der Waals surface area contributed by atoms with Crippen LogP contribution in [0, 0.1) is 20.8 Å². The molecule has 27 heavy (non-hydrogen) atoms. The van der Waals surface area contributed by atoms with Crippen molar-refractivity contribution in [2.45, 2.75) is 20.8 Å². The van der Waals surface area contributed by atoms with Gasteiger partial charge in [0, 0.05) is 23.0 Å². The van der Waals surface area contributed by atoms with Crippen LogP contribution in [0.4, 0.5) is 16.3 Å². The predicted molar refractivity (Wildman–Crippen MR) is 102 cm³/mol. The van der Waals surface area contributed by atoms with Crippen LogP contribution in [0.3, 0.4) is 0 Å². The summed E-state index contributed by atoms with van der Waals surface area (Å²) in [4.78, 5) is 31.4. The van der Waals surface area contributed by atoms with Gasteiger partial charge in [0.15, 0.2) is 0 Å². The van der Waals surface area contributed by atoms with E-state index in [1.165, 1.54) is 4.68 Å². The van der Waals surface area contributed by atoms with Crippen molar-refractivity contribution in [3.8, 4) is 11.7 Å². The SMILES string of the molecule is COc1ccc(NC(=O)Nc2cc(C)nn2-c2nc(C)c(C)c(=O)[nH]2)cc1. The molecule has 3 N–H and O–H groups in total. The van der Waals surface area contributed by atoms with Crippen LogP contribution in [0.5, 0.6) is 5.75 Å². The highest BCUT2D eigenvalue weighted by Gasteiger charge is 2.14. The molecule has 0 aliphatic carbocycles. The van der Waals surface area contributed by atoms with E-state index in [0.717, 1.165) is 0 Å². The van der Waals surface area contributed by atoms with Gasteiger partial charge in [-0.1, -0.05) is 0 Å². The number of ether oxygens (including phenoxy) is 1. The standard InChI is InChI=1S/C18H20N6O3/c1-10-9-15(21-18(26)20-13-5-7-14(27-4)8-6-13)24(23-10)17-19-12(3)11(2)16(25)22-17/h5-9H,1-4H3,(H,19,22,25)(H2,20,21,26). The van der Waals surface area contributed by atoms with E-state index in [2.05, 4.69) is 25.7 Å². The number of carbonyl (C=O) groups is 1. The first kappa shape index (κ1) is 18.2. The van der Waals surface area contributed by atoms with Crippen LogP contribution in [0.25, 0.3) is 5.95 Å². The highest BCUT2D eigenvalue weighted by Crippen LogP contribution is 2.17. The lowest BCUT2D eigenvalue weighted by atomic mass is 10.3. The molecule has 0 atom stereocenters. The Morgan fingerprint density at radius 2 is 1.85 bits per heavy atom. The summed E-state index contributed by atoms with van der Waals surface area (Å²) in [6, 6.07) is 8.17. The Balaban J connectivity index is 1.83. The Kier molecular flexibility index (Phi) is 4.93. The summed E-state index contributed by atoms with van der Waals surface area (Å²) in [5.74, 6) is 1.31. The van der Waals surface area contributed by atoms with E-state index < -0.39 is 6.03 Å². The van der Waals surface area contributed by atoms with Crippen LogP contribution >= 0.6 is 0 Å². The lowest BCUT2D eigenvalue weighted by molar-refractivity contribution is 0.262. The highest BCUT2D eigenvalue weighted by molar-refractivity contribution is 5.99. The van der Waals surface area contributed by atoms with Crippen molar-refractivity contribution in [2.75, 3.05) is 17.7 Å². The summed E-state index contributed by atoms with van der Waals surface area (Å²) in [6.45, 7) is 5.22. The number of anilines is 2. The molecular weight excluding hydrogens is 348 g/mol. The Labute approximate surface area is 155 Å². The van der Waals surface area contributed by atoms with E-state index in [9.17, 15) is 9.59 Å². The van der Waals surface area contributed by atoms with Crippen molar-refractivity contribution < 1.29 is 9.53 Å². The van der Waals surface area contributed by atoms with Gasteiger partial charge in [0.2, 0.25) is 5.95 Å². The largest absolute Gasteiger partial charge is 0.497 e. The molecule has 0 fully saturated rings. The van der Waals surface area contributed by atoms with Crippen molar-refractivity contribution in [3.05, 3.63) is 57.6 Å². The lowest BCUT2D eigenvalue weighted by Crippen LogP contribution is -2.23. The number of H-pyrrole nitrogens is 1. The summed E-state index contributed by atoms with van der Waals surface area (Å²) in [7, 11) is 1.57. The van der Waals surface area contributed by atoms with Gasteiger partial charge in [0.1, 0.15) is 11.6 Å². The zero-order valence-electron chi connectivity index (χ0n) is 15.5. The van der Waals surface area contributed by atoms with Crippen LogP contribution in [0.2, 0.25) is 0 Å². The molecule has 9 heteroatoms. The van der Waals surface area contributed by atoms with Gasteiger partial charge in [-0.25, -0.2) is 9.78 Å². The van der Waals surface area contributed by atoms with Gasteiger partial charge in [0.25, 0.3) is 5.56 Å². The van der Waals surface area contributed by atoms with Crippen LogP contribution in [-0.2, 0) is 0 Å². The first-order valence-electron chi connectivity index (χ1n) is 8.24. The number of aromatic amines is 1. The average molecular weight is 368 g/mol. The summed E-state index contributed by atoms with van der Waals surface area (Å²) in [5.41, 5.74) is 2.15. The molecule has 0 saturated carbocycles. The average Bonchev–Trinajstić information content (AvgIpc) is 3.00. The molecule has 0 spiro atoms. The van der Waals surface area contributed by atoms with Gasteiger partial charge in [-0.15, -0.1) is 0 Å². The molecule has 2 amide bonds. The minimum absolute atomic E-state index is 0.232. The van der Waals surface area contributed by atoms with E-state index in [4.69, 9.17) is 4.74 Å². The van der Waals surface area contributed by atoms with Crippen molar-refractivity contribution in [2.24, 2.45) is 0 Å². The molecule has 3 rings (SSSR count). The zero-order chi connectivity index (χ0) is 19.6. The summed E-state index contributed by atoms with van der Waals surface area (Å²) < 4.78 is 6.47. The summed E-state index contributed by atoms with van der Waals surface area (Å²) in [5, 5.41) is 9.74. The molecular formula is C18H20N6O3. The second-order valence-corrected chi connectivity index (χ2v) is 5.99. The monoisotopic (exact) mass is 368 g/mol. The van der Waals surface area contributed by atoms with Crippen molar-refractivity contribution in [1.29, 1.82) is 0 Å². The van der Waals surface area contributed by atoms with Gasteiger partial charge in [-0.3, -0.25) is 15.1 Å². The number of aromatic nitrogens is 4. The van der Waals surface area contributed by atoms with E-state index in [1.807, 2.05) is 0 Å².